The van der Waals surface area contributed by atoms with E-state index in [1.807, 2.05) is 13.8 Å². The highest BCUT2D eigenvalue weighted by atomic mass is 16.7. The number of ether oxygens (including phenoxy) is 4. The minimum absolute atomic E-state index is 0.0758. The standard InChI is InChI=1S/C34H48O10/c1-16-12-25(43-29(40)17(16)2)33(5)23-9-11-34(44-33)21-7-6-18-13-19(41-30-28(39)27(38)26(37)22(15-35)42-30)14-24(36)32(18,4)20(21)8-10-31(23,34)3/h6,19-23,25-28,30,35,37-39H,7-15H2,1-5H3/t19-,20+,21-,22-,23+,25-,26-,27+,28-,30-,31-,32+,33-,34-/m1/s1. The van der Waals surface area contributed by atoms with Crippen molar-refractivity contribution in [3.63, 3.8) is 0 Å². The molecule has 0 aromatic carbocycles. The first-order valence-corrected chi connectivity index (χ1v) is 16.5. The maximum atomic E-state index is 14.2. The normalized spacial score (nSPS) is 53.5. The van der Waals surface area contributed by atoms with Gasteiger partial charge in [-0.2, -0.15) is 0 Å². The maximum Gasteiger partial charge on any atom is 0.334 e. The molecule has 0 unspecified atom stereocenters. The summed E-state index contributed by atoms with van der Waals surface area (Å²) in [6.07, 6.45) is 0.404. The first kappa shape index (κ1) is 31.0. The molecule has 10 heteroatoms. The van der Waals surface area contributed by atoms with E-state index in [0.717, 1.165) is 43.3 Å². The molecule has 44 heavy (non-hydrogen) atoms. The van der Waals surface area contributed by atoms with Crippen molar-refractivity contribution in [2.45, 2.75) is 140 Å². The Morgan fingerprint density at radius 1 is 0.955 bits per heavy atom. The summed E-state index contributed by atoms with van der Waals surface area (Å²) in [5.41, 5.74) is 1.06. The van der Waals surface area contributed by atoms with E-state index in [1.165, 1.54) is 0 Å². The van der Waals surface area contributed by atoms with E-state index >= 15 is 0 Å². The van der Waals surface area contributed by atoms with Gasteiger partial charge in [-0.25, -0.2) is 4.79 Å². The third-order valence-electron chi connectivity index (χ3n) is 13.7. The van der Waals surface area contributed by atoms with Crippen LogP contribution in [0.25, 0.3) is 0 Å². The Kier molecular flexibility index (Phi) is 7.16. The summed E-state index contributed by atoms with van der Waals surface area (Å²) in [6.45, 7) is 9.92. The van der Waals surface area contributed by atoms with Gasteiger partial charge < -0.3 is 39.4 Å². The topological polar surface area (TPSA) is 152 Å². The molecule has 2 saturated heterocycles. The van der Waals surface area contributed by atoms with Crippen molar-refractivity contribution in [2.75, 3.05) is 6.61 Å². The molecule has 244 valence electrons. The molecular weight excluding hydrogens is 568 g/mol. The lowest BCUT2D eigenvalue weighted by molar-refractivity contribution is -0.312. The monoisotopic (exact) mass is 616 g/mol. The number of hydrogen-bond donors (Lipinski definition) is 4. The number of hydrogen-bond acceptors (Lipinski definition) is 10. The number of Topliss-reactive ketones (excluding diaryl/α,β-unsaturated/α-hetero) is 1. The highest BCUT2D eigenvalue weighted by Gasteiger charge is 2.78. The smallest absolute Gasteiger partial charge is 0.334 e. The predicted molar refractivity (Wildman–Crippen MR) is 156 cm³/mol. The Morgan fingerprint density at radius 2 is 1.70 bits per heavy atom. The van der Waals surface area contributed by atoms with Crippen molar-refractivity contribution < 1.29 is 49.0 Å². The number of aliphatic hydroxyl groups excluding tert-OH is 4. The number of esters is 1. The van der Waals surface area contributed by atoms with Gasteiger partial charge in [0.25, 0.3) is 0 Å². The average Bonchev–Trinajstić information content (AvgIpc) is 3.40. The van der Waals surface area contributed by atoms with Crippen LogP contribution in [0.2, 0.25) is 0 Å². The van der Waals surface area contributed by atoms with E-state index in [-0.39, 0.29) is 47.4 Å². The van der Waals surface area contributed by atoms with Gasteiger partial charge in [0.05, 0.1) is 23.7 Å². The van der Waals surface area contributed by atoms with Crippen LogP contribution in [0.4, 0.5) is 0 Å². The number of allylic oxidation sites excluding steroid dienone is 1. The van der Waals surface area contributed by atoms with Crippen LogP contribution in [0.1, 0.15) is 86.0 Å². The largest absolute Gasteiger partial charge is 0.456 e. The van der Waals surface area contributed by atoms with Gasteiger partial charge in [0.15, 0.2) is 6.29 Å². The third kappa shape index (κ3) is 3.91. The molecule has 3 heterocycles. The van der Waals surface area contributed by atoms with E-state index in [9.17, 15) is 30.0 Å². The maximum absolute atomic E-state index is 14.2. The van der Waals surface area contributed by atoms with Crippen LogP contribution in [0, 0.1) is 28.6 Å². The van der Waals surface area contributed by atoms with Crippen LogP contribution in [0.5, 0.6) is 0 Å². The molecule has 10 nitrogen and oxygen atoms in total. The van der Waals surface area contributed by atoms with Gasteiger partial charge in [-0.1, -0.05) is 24.1 Å². The van der Waals surface area contributed by atoms with Crippen LogP contribution in [0.3, 0.4) is 0 Å². The average molecular weight is 617 g/mol. The molecule has 0 amide bonds. The molecule has 4 aliphatic carbocycles. The summed E-state index contributed by atoms with van der Waals surface area (Å²) < 4.78 is 25.0. The summed E-state index contributed by atoms with van der Waals surface area (Å²) in [6, 6.07) is 0. The van der Waals surface area contributed by atoms with Gasteiger partial charge in [0.2, 0.25) is 0 Å². The second-order valence-electron chi connectivity index (χ2n) is 15.4. The Hall–Kier alpha value is -1.66. The molecule has 0 aromatic rings. The summed E-state index contributed by atoms with van der Waals surface area (Å²) in [5.74, 6) is 0.367. The fourth-order valence-electron chi connectivity index (χ4n) is 11.0. The first-order chi connectivity index (χ1) is 20.7. The SMILES string of the molecule is CC1=C(C)C(=O)O[C@@H]([C@]2(C)O[C@@]34CC[C@H]2[C@@]3(C)CC[C@H]2[C@H]4CC=C3C[C@@H](O[C@@H]4O[C@H](CO)[C@@H](O)[C@H](O)[C@H]4O)CC(=O)[C@@]32C)C1. The molecule has 5 fully saturated rings. The quantitative estimate of drug-likeness (QED) is 0.274. The molecule has 0 aromatic heterocycles. The van der Waals surface area contributed by atoms with Crippen molar-refractivity contribution >= 4 is 11.8 Å². The zero-order valence-electron chi connectivity index (χ0n) is 26.5. The lowest BCUT2D eigenvalue weighted by Crippen LogP contribution is -2.62. The van der Waals surface area contributed by atoms with Crippen molar-refractivity contribution in [1.82, 2.24) is 0 Å². The molecule has 3 saturated carbocycles. The number of fused-ring (bicyclic) bond motifs is 3. The first-order valence-electron chi connectivity index (χ1n) is 16.5. The number of carbonyl (C=O) groups excluding carboxylic acids is 2. The van der Waals surface area contributed by atoms with Gasteiger partial charge in [-0.15, -0.1) is 0 Å². The zero-order chi connectivity index (χ0) is 31.6. The van der Waals surface area contributed by atoms with Crippen LogP contribution < -0.4 is 0 Å². The van der Waals surface area contributed by atoms with Gasteiger partial charge in [-0.05, 0) is 84.0 Å². The molecule has 7 rings (SSSR count). The molecule has 14 atom stereocenters. The Bertz CT molecular complexity index is 1310. The second kappa shape index (κ2) is 10.2. The van der Waals surface area contributed by atoms with Gasteiger partial charge >= 0.3 is 5.97 Å². The zero-order valence-corrected chi connectivity index (χ0v) is 26.5. The Morgan fingerprint density at radius 3 is 2.41 bits per heavy atom. The van der Waals surface area contributed by atoms with E-state index < -0.39 is 60.0 Å². The number of carbonyl (C=O) groups is 2. The number of ketones is 1. The lowest BCUT2D eigenvalue weighted by Gasteiger charge is -2.60. The lowest BCUT2D eigenvalue weighted by atomic mass is 9.46. The Labute approximate surface area is 258 Å². The van der Waals surface area contributed by atoms with E-state index in [0.29, 0.717) is 18.4 Å². The number of aliphatic hydroxyl groups is 4. The summed E-state index contributed by atoms with van der Waals surface area (Å²) in [7, 11) is 0. The van der Waals surface area contributed by atoms with Crippen molar-refractivity contribution in [2.24, 2.45) is 28.6 Å². The van der Waals surface area contributed by atoms with E-state index in [1.54, 1.807) is 0 Å². The molecular formula is C34H48O10. The molecule has 2 bridgehead atoms. The Balaban J connectivity index is 1.15. The molecule has 0 radical (unpaired) electrons. The van der Waals surface area contributed by atoms with E-state index in [4.69, 9.17) is 18.9 Å². The highest BCUT2D eigenvalue weighted by molar-refractivity contribution is 5.90. The van der Waals surface area contributed by atoms with Gasteiger partial charge in [-0.3, -0.25) is 4.79 Å². The van der Waals surface area contributed by atoms with Crippen LogP contribution in [0.15, 0.2) is 22.8 Å². The number of cyclic esters (lactones) is 1. The summed E-state index contributed by atoms with van der Waals surface area (Å²) in [5, 5.41) is 40.5. The molecule has 0 spiro atoms. The molecule has 3 aliphatic heterocycles. The molecule has 7 aliphatic rings. The van der Waals surface area contributed by atoms with Crippen LogP contribution in [-0.2, 0) is 28.5 Å². The van der Waals surface area contributed by atoms with Crippen molar-refractivity contribution in [3.05, 3.63) is 22.8 Å². The fraction of sp³-hybridized carbons (Fsp3) is 0.824. The third-order valence-corrected chi connectivity index (χ3v) is 13.7. The minimum Gasteiger partial charge on any atom is -0.456 e. The van der Waals surface area contributed by atoms with Crippen LogP contribution >= 0.6 is 0 Å². The van der Waals surface area contributed by atoms with Crippen molar-refractivity contribution in [3.8, 4) is 0 Å². The van der Waals surface area contributed by atoms with Gasteiger partial charge in [0.1, 0.15) is 41.9 Å². The second-order valence-corrected chi connectivity index (χ2v) is 15.4. The summed E-state index contributed by atoms with van der Waals surface area (Å²) >= 11 is 0. The van der Waals surface area contributed by atoms with Crippen molar-refractivity contribution in [1.29, 1.82) is 0 Å². The number of rotatable bonds is 4. The van der Waals surface area contributed by atoms with E-state index in [2.05, 4.69) is 26.8 Å². The van der Waals surface area contributed by atoms with Crippen LogP contribution in [-0.4, -0.2) is 92.9 Å². The summed E-state index contributed by atoms with van der Waals surface area (Å²) in [4.78, 5) is 26.9. The minimum atomic E-state index is -1.53. The predicted octanol–water partition coefficient (Wildman–Crippen LogP) is 2.49. The van der Waals surface area contributed by atoms with Gasteiger partial charge in [0, 0.05) is 23.8 Å². The molecule has 4 N–H and O–H groups in total. The highest BCUT2D eigenvalue weighted by Crippen LogP contribution is 2.75. The fourth-order valence-corrected chi connectivity index (χ4v) is 11.0.